The van der Waals surface area contributed by atoms with Gasteiger partial charge in [0.25, 0.3) is 0 Å². The Bertz CT molecular complexity index is 662. The molecule has 0 saturated carbocycles. The first kappa shape index (κ1) is 19.9. The van der Waals surface area contributed by atoms with Gasteiger partial charge in [0.1, 0.15) is 5.75 Å². The van der Waals surface area contributed by atoms with Crippen molar-refractivity contribution in [2.45, 2.75) is 33.2 Å². The number of carbonyl (C=O) groups is 1. The van der Waals surface area contributed by atoms with Gasteiger partial charge in [-0.25, -0.2) is 9.97 Å². The normalized spacial score (nSPS) is 11.5. The highest BCUT2D eigenvalue weighted by molar-refractivity contribution is 5.94. The van der Waals surface area contributed by atoms with Gasteiger partial charge >= 0.3 is 6.01 Å². The maximum atomic E-state index is 12.0. The van der Waals surface area contributed by atoms with E-state index >= 15 is 0 Å². The van der Waals surface area contributed by atoms with E-state index in [0.29, 0.717) is 29.8 Å². The van der Waals surface area contributed by atoms with Gasteiger partial charge in [-0.15, -0.1) is 12.4 Å². The van der Waals surface area contributed by atoms with E-state index in [1.54, 1.807) is 36.5 Å². The predicted molar refractivity (Wildman–Crippen MR) is 96.6 cm³/mol. The number of benzene rings is 1. The molecule has 1 amide bonds. The van der Waals surface area contributed by atoms with Crippen molar-refractivity contribution in [2.75, 3.05) is 5.32 Å². The number of nitrogens with zero attached hydrogens (tertiary/aromatic N) is 2. The standard InChI is InChI=1S/C17H22N4O2.ClH/c1-11(2)10-15(18)16(22)21-13-4-6-14(7-5-13)23-17-19-9-8-12(3)20-17;/h4-9,11,15H,10,18H2,1-3H3,(H,21,22);1H/t15-;/m0./s1. The molecule has 3 N–H and O–H groups in total. The lowest BCUT2D eigenvalue weighted by Crippen LogP contribution is -2.36. The SMILES string of the molecule is Cc1ccnc(Oc2ccc(NC(=O)[C@@H](N)CC(C)C)cc2)n1.Cl. The molecular formula is C17H23ClN4O2. The van der Waals surface area contributed by atoms with Crippen LogP contribution in [-0.4, -0.2) is 21.9 Å². The van der Waals surface area contributed by atoms with Gasteiger partial charge in [-0.05, 0) is 49.6 Å². The summed E-state index contributed by atoms with van der Waals surface area (Å²) in [6, 6.07) is 8.58. The molecule has 0 aliphatic rings. The summed E-state index contributed by atoms with van der Waals surface area (Å²) in [7, 11) is 0. The first-order valence-corrected chi connectivity index (χ1v) is 7.58. The van der Waals surface area contributed by atoms with E-state index in [1.807, 2.05) is 20.8 Å². The third-order valence-electron chi connectivity index (χ3n) is 3.17. The van der Waals surface area contributed by atoms with Gasteiger partial charge < -0.3 is 15.8 Å². The summed E-state index contributed by atoms with van der Waals surface area (Å²) in [5, 5.41) is 2.80. The molecule has 0 aliphatic heterocycles. The molecule has 0 bridgehead atoms. The summed E-state index contributed by atoms with van der Waals surface area (Å²) in [6.45, 7) is 5.94. The molecule has 2 aromatic rings. The van der Waals surface area contributed by atoms with E-state index < -0.39 is 6.04 Å². The molecule has 2 rings (SSSR count). The number of ether oxygens (including phenoxy) is 1. The van der Waals surface area contributed by atoms with Crippen molar-refractivity contribution < 1.29 is 9.53 Å². The summed E-state index contributed by atoms with van der Waals surface area (Å²) < 4.78 is 5.56. The lowest BCUT2D eigenvalue weighted by Gasteiger charge is -2.14. The second-order valence-electron chi connectivity index (χ2n) is 5.83. The van der Waals surface area contributed by atoms with Crippen LogP contribution in [0.2, 0.25) is 0 Å². The first-order chi connectivity index (χ1) is 10.9. The number of aryl methyl sites for hydroxylation is 1. The molecule has 1 aromatic carbocycles. The summed E-state index contributed by atoms with van der Waals surface area (Å²) in [5.41, 5.74) is 7.36. The lowest BCUT2D eigenvalue weighted by molar-refractivity contribution is -0.117. The van der Waals surface area contributed by atoms with Crippen LogP contribution in [0.25, 0.3) is 0 Å². The maximum absolute atomic E-state index is 12.0. The Morgan fingerprint density at radius 1 is 1.25 bits per heavy atom. The molecule has 0 fully saturated rings. The second kappa shape index (κ2) is 9.20. The molecule has 1 heterocycles. The average molecular weight is 351 g/mol. The van der Waals surface area contributed by atoms with Gasteiger partial charge in [-0.2, -0.15) is 0 Å². The quantitative estimate of drug-likeness (QED) is 0.834. The fourth-order valence-electron chi connectivity index (χ4n) is 2.04. The highest BCUT2D eigenvalue weighted by Crippen LogP contribution is 2.20. The van der Waals surface area contributed by atoms with E-state index in [-0.39, 0.29) is 18.3 Å². The van der Waals surface area contributed by atoms with Gasteiger partial charge in [-0.3, -0.25) is 4.79 Å². The molecule has 24 heavy (non-hydrogen) atoms. The Balaban J connectivity index is 0.00000288. The second-order valence-corrected chi connectivity index (χ2v) is 5.83. The van der Waals surface area contributed by atoms with Gasteiger partial charge in [-0.1, -0.05) is 13.8 Å². The third kappa shape index (κ3) is 6.14. The van der Waals surface area contributed by atoms with E-state index in [2.05, 4.69) is 15.3 Å². The zero-order valence-corrected chi connectivity index (χ0v) is 14.8. The number of hydrogen-bond donors (Lipinski definition) is 2. The number of carbonyl (C=O) groups excluding carboxylic acids is 1. The van der Waals surface area contributed by atoms with E-state index in [9.17, 15) is 4.79 Å². The fourth-order valence-corrected chi connectivity index (χ4v) is 2.04. The number of halogens is 1. The fraction of sp³-hybridized carbons (Fsp3) is 0.353. The Morgan fingerprint density at radius 2 is 1.92 bits per heavy atom. The Morgan fingerprint density at radius 3 is 2.50 bits per heavy atom. The molecule has 6 nitrogen and oxygen atoms in total. The summed E-state index contributed by atoms with van der Waals surface area (Å²) >= 11 is 0. The zero-order valence-electron chi connectivity index (χ0n) is 14.0. The van der Waals surface area contributed by atoms with Crippen LogP contribution in [0.1, 0.15) is 26.0 Å². The van der Waals surface area contributed by atoms with Gasteiger partial charge in [0, 0.05) is 17.6 Å². The number of rotatable bonds is 6. The van der Waals surface area contributed by atoms with Crippen LogP contribution in [-0.2, 0) is 4.79 Å². The van der Waals surface area contributed by atoms with Crippen LogP contribution in [0, 0.1) is 12.8 Å². The van der Waals surface area contributed by atoms with Crippen molar-refractivity contribution in [1.29, 1.82) is 0 Å². The number of anilines is 1. The minimum atomic E-state index is -0.508. The van der Waals surface area contributed by atoms with Gasteiger partial charge in [0.05, 0.1) is 6.04 Å². The topological polar surface area (TPSA) is 90.1 Å². The van der Waals surface area contributed by atoms with Crippen molar-refractivity contribution in [3.05, 3.63) is 42.2 Å². The van der Waals surface area contributed by atoms with Crippen molar-refractivity contribution in [1.82, 2.24) is 9.97 Å². The minimum Gasteiger partial charge on any atom is -0.424 e. The van der Waals surface area contributed by atoms with E-state index in [0.717, 1.165) is 5.69 Å². The number of hydrogen-bond acceptors (Lipinski definition) is 5. The third-order valence-corrected chi connectivity index (χ3v) is 3.17. The number of amides is 1. The minimum absolute atomic E-state index is 0. The van der Waals surface area contributed by atoms with Crippen molar-refractivity contribution >= 4 is 24.0 Å². The average Bonchev–Trinajstić information content (AvgIpc) is 2.48. The summed E-state index contributed by atoms with van der Waals surface area (Å²) in [4.78, 5) is 20.2. The molecule has 130 valence electrons. The monoisotopic (exact) mass is 350 g/mol. The molecule has 0 saturated heterocycles. The summed E-state index contributed by atoms with van der Waals surface area (Å²) in [5.74, 6) is 0.787. The highest BCUT2D eigenvalue weighted by atomic mass is 35.5. The molecule has 0 spiro atoms. The van der Waals surface area contributed by atoms with Gasteiger partial charge in [0.15, 0.2) is 0 Å². The molecule has 0 unspecified atom stereocenters. The van der Waals surface area contributed by atoms with Crippen LogP contribution in [0.3, 0.4) is 0 Å². The molecule has 1 aromatic heterocycles. The molecule has 0 radical (unpaired) electrons. The Kier molecular flexibility index (Phi) is 7.61. The van der Waals surface area contributed by atoms with Crippen molar-refractivity contribution in [3.63, 3.8) is 0 Å². The van der Waals surface area contributed by atoms with Crippen molar-refractivity contribution in [2.24, 2.45) is 11.7 Å². The van der Waals surface area contributed by atoms with Crippen LogP contribution in [0.15, 0.2) is 36.5 Å². The largest absolute Gasteiger partial charge is 0.424 e. The van der Waals surface area contributed by atoms with Crippen LogP contribution in [0.4, 0.5) is 5.69 Å². The highest BCUT2D eigenvalue weighted by Gasteiger charge is 2.15. The van der Waals surface area contributed by atoms with Crippen LogP contribution in [0.5, 0.6) is 11.8 Å². The Hall–Kier alpha value is -2.18. The van der Waals surface area contributed by atoms with E-state index in [4.69, 9.17) is 10.5 Å². The lowest BCUT2D eigenvalue weighted by atomic mass is 10.0. The molecule has 1 atom stereocenters. The Labute approximate surface area is 148 Å². The first-order valence-electron chi connectivity index (χ1n) is 7.58. The molecular weight excluding hydrogens is 328 g/mol. The summed E-state index contributed by atoms with van der Waals surface area (Å²) in [6.07, 6.45) is 2.29. The number of nitrogens with two attached hydrogens (primary N) is 1. The predicted octanol–water partition coefficient (Wildman–Crippen LogP) is 3.31. The van der Waals surface area contributed by atoms with Gasteiger partial charge in [0.2, 0.25) is 5.91 Å². The van der Waals surface area contributed by atoms with Crippen molar-refractivity contribution in [3.8, 4) is 11.8 Å². The number of nitrogens with one attached hydrogen (secondary N) is 1. The maximum Gasteiger partial charge on any atom is 0.322 e. The van der Waals surface area contributed by atoms with E-state index in [1.165, 1.54) is 0 Å². The van der Waals surface area contributed by atoms with Crippen LogP contribution < -0.4 is 15.8 Å². The van der Waals surface area contributed by atoms with Crippen LogP contribution >= 0.6 is 12.4 Å². The molecule has 0 aliphatic carbocycles. The smallest absolute Gasteiger partial charge is 0.322 e. The molecule has 7 heteroatoms. The zero-order chi connectivity index (χ0) is 16.8. The number of aromatic nitrogens is 2.